The summed E-state index contributed by atoms with van der Waals surface area (Å²) in [5.74, 6) is -0.352. The van der Waals surface area contributed by atoms with Gasteiger partial charge in [-0.15, -0.1) is 0 Å². The zero-order valence-electron chi connectivity index (χ0n) is 14.7. The van der Waals surface area contributed by atoms with Gasteiger partial charge in [-0.2, -0.15) is 0 Å². The van der Waals surface area contributed by atoms with Gasteiger partial charge in [-0.1, -0.05) is 59.8 Å². The second kappa shape index (κ2) is 9.23. The van der Waals surface area contributed by atoms with Crippen LogP contribution in [0.5, 0.6) is 5.75 Å². The molecule has 1 aliphatic rings. The van der Waals surface area contributed by atoms with E-state index in [-0.39, 0.29) is 24.1 Å². The molecular formula is C20H17ClN2O3S2. The summed E-state index contributed by atoms with van der Waals surface area (Å²) >= 11 is 12.3. The van der Waals surface area contributed by atoms with Crippen LogP contribution in [0.2, 0.25) is 5.02 Å². The van der Waals surface area contributed by atoms with Crippen LogP contribution in [0.25, 0.3) is 6.08 Å². The highest BCUT2D eigenvalue weighted by molar-refractivity contribution is 8.26. The smallest absolute Gasteiger partial charge is 0.266 e. The van der Waals surface area contributed by atoms with Gasteiger partial charge in [0.2, 0.25) is 5.91 Å². The number of nitrogens with zero attached hydrogens (tertiary/aromatic N) is 1. The summed E-state index contributed by atoms with van der Waals surface area (Å²) < 4.78 is 0.360. The predicted octanol–water partition coefficient (Wildman–Crippen LogP) is 3.61. The van der Waals surface area contributed by atoms with Gasteiger partial charge in [-0.25, -0.2) is 0 Å². The molecule has 1 fully saturated rings. The molecule has 0 radical (unpaired) electrons. The van der Waals surface area contributed by atoms with E-state index in [9.17, 15) is 14.7 Å². The Balaban J connectivity index is 1.54. The fourth-order valence-corrected chi connectivity index (χ4v) is 3.94. The summed E-state index contributed by atoms with van der Waals surface area (Å²) in [5, 5.41) is 12.7. The number of carbonyl (C=O) groups is 2. The summed E-state index contributed by atoms with van der Waals surface area (Å²) in [6.45, 7) is 0.317. The Kier molecular flexibility index (Phi) is 6.72. The van der Waals surface area contributed by atoms with Crippen LogP contribution in [0.4, 0.5) is 0 Å². The third-order valence-corrected chi connectivity index (χ3v) is 5.65. The molecule has 0 spiro atoms. The molecule has 144 valence electrons. The maximum atomic E-state index is 12.6. The third kappa shape index (κ3) is 5.34. The molecular weight excluding hydrogens is 416 g/mol. The molecule has 2 aromatic carbocycles. The zero-order valence-corrected chi connectivity index (χ0v) is 17.1. The SMILES string of the molecule is O=C(CN1C(=O)C(=Cc2ccc(Cl)cc2)SC1=S)NCCc1ccc(O)cc1. The lowest BCUT2D eigenvalue weighted by Gasteiger charge is -2.14. The Morgan fingerprint density at radius 3 is 2.54 bits per heavy atom. The lowest BCUT2D eigenvalue weighted by Crippen LogP contribution is -2.40. The first-order chi connectivity index (χ1) is 13.4. The standard InChI is InChI=1S/C20H17ClN2O3S2/c21-15-5-1-14(2-6-15)11-17-19(26)23(20(27)28-17)12-18(25)22-10-9-13-3-7-16(24)8-4-13/h1-8,11,24H,9-10,12H2,(H,22,25). The molecule has 0 bridgehead atoms. The number of nitrogens with one attached hydrogen (secondary N) is 1. The molecule has 2 N–H and O–H groups in total. The van der Waals surface area contributed by atoms with Gasteiger partial charge in [0, 0.05) is 11.6 Å². The van der Waals surface area contributed by atoms with Crippen molar-refractivity contribution in [1.82, 2.24) is 10.2 Å². The second-order valence-corrected chi connectivity index (χ2v) is 8.20. The van der Waals surface area contributed by atoms with Gasteiger partial charge in [0.1, 0.15) is 16.6 Å². The quantitative estimate of drug-likeness (QED) is 0.539. The van der Waals surface area contributed by atoms with Gasteiger partial charge in [0.25, 0.3) is 5.91 Å². The fraction of sp³-hybridized carbons (Fsp3) is 0.150. The van der Waals surface area contributed by atoms with Crippen molar-refractivity contribution in [3.05, 3.63) is 69.6 Å². The van der Waals surface area contributed by atoms with Gasteiger partial charge >= 0.3 is 0 Å². The lowest BCUT2D eigenvalue weighted by molar-refractivity contribution is -0.128. The van der Waals surface area contributed by atoms with E-state index in [4.69, 9.17) is 23.8 Å². The van der Waals surface area contributed by atoms with Crippen molar-refractivity contribution in [3.8, 4) is 5.75 Å². The average Bonchev–Trinajstić information content (AvgIpc) is 2.92. The maximum absolute atomic E-state index is 12.6. The van der Waals surface area contributed by atoms with Crippen LogP contribution >= 0.6 is 35.6 Å². The number of phenolic OH excluding ortho intramolecular Hbond substituents is 1. The summed E-state index contributed by atoms with van der Waals surface area (Å²) in [6, 6.07) is 13.9. The first-order valence-electron chi connectivity index (χ1n) is 8.48. The van der Waals surface area contributed by atoms with Crippen molar-refractivity contribution in [2.75, 3.05) is 13.1 Å². The van der Waals surface area contributed by atoms with Crippen molar-refractivity contribution in [2.45, 2.75) is 6.42 Å². The molecule has 2 aromatic rings. The molecule has 0 saturated carbocycles. The van der Waals surface area contributed by atoms with E-state index in [2.05, 4.69) is 5.32 Å². The summed E-state index contributed by atoms with van der Waals surface area (Å²) in [7, 11) is 0. The van der Waals surface area contributed by atoms with Crippen molar-refractivity contribution in [2.24, 2.45) is 0 Å². The number of thioether (sulfide) groups is 1. The monoisotopic (exact) mass is 432 g/mol. The second-order valence-electron chi connectivity index (χ2n) is 6.09. The minimum Gasteiger partial charge on any atom is -0.508 e. The highest BCUT2D eigenvalue weighted by atomic mass is 35.5. The predicted molar refractivity (Wildman–Crippen MR) is 116 cm³/mol. The normalized spacial score (nSPS) is 15.3. The molecule has 28 heavy (non-hydrogen) atoms. The highest BCUT2D eigenvalue weighted by Crippen LogP contribution is 2.32. The molecule has 1 aliphatic heterocycles. The number of aromatic hydroxyl groups is 1. The van der Waals surface area contributed by atoms with Gasteiger partial charge in [0.15, 0.2) is 0 Å². The Labute approximate surface area is 177 Å². The zero-order chi connectivity index (χ0) is 20.1. The van der Waals surface area contributed by atoms with Crippen LogP contribution in [-0.4, -0.2) is 39.2 Å². The number of amides is 2. The van der Waals surface area contributed by atoms with Gasteiger partial charge in [-0.3, -0.25) is 14.5 Å². The summed E-state index contributed by atoms with van der Waals surface area (Å²) in [4.78, 5) is 26.5. The number of rotatable bonds is 6. The first-order valence-corrected chi connectivity index (χ1v) is 10.1. The number of halogens is 1. The topological polar surface area (TPSA) is 69.6 Å². The molecule has 3 rings (SSSR count). The Morgan fingerprint density at radius 1 is 1.18 bits per heavy atom. The molecule has 5 nitrogen and oxygen atoms in total. The molecule has 0 aliphatic carbocycles. The molecule has 0 aromatic heterocycles. The van der Waals surface area contributed by atoms with E-state index in [1.165, 1.54) is 16.7 Å². The Hall–Kier alpha value is -2.35. The number of thiocarbonyl (C=S) groups is 1. The van der Waals surface area contributed by atoms with Gasteiger partial charge in [0.05, 0.1) is 4.91 Å². The number of phenols is 1. The number of hydrogen-bond acceptors (Lipinski definition) is 5. The fourth-order valence-electron chi connectivity index (χ4n) is 2.56. The van der Waals surface area contributed by atoms with E-state index < -0.39 is 0 Å². The molecule has 1 heterocycles. The van der Waals surface area contributed by atoms with E-state index in [0.717, 1.165) is 11.1 Å². The van der Waals surface area contributed by atoms with Crippen molar-refractivity contribution >= 4 is 57.8 Å². The number of benzene rings is 2. The molecule has 2 amide bonds. The van der Waals surface area contributed by atoms with Crippen LogP contribution in [0.1, 0.15) is 11.1 Å². The van der Waals surface area contributed by atoms with Crippen LogP contribution in [0.15, 0.2) is 53.4 Å². The molecule has 8 heteroatoms. The van der Waals surface area contributed by atoms with Crippen LogP contribution in [0.3, 0.4) is 0 Å². The first kappa shape index (κ1) is 20.4. The van der Waals surface area contributed by atoms with E-state index in [1.54, 1.807) is 42.5 Å². The number of carbonyl (C=O) groups excluding carboxylic acids is 2. The van der Waals surface area contributed by atoms with Gasteiger partial charge < -0.3 is 10.4 Å². The third-order valence-electron chi connectivity index (χ3n) is 4.02. The van der Waals surface area contributed by atoms with E-state index in [1.807, 2.05) is 12.1 Å². The summed E-state index contributed by atoms with van der Waals surface area (Å²) in [5.41, 5.74) is 1.83. The Morgan fingerprint density at radius 2 is 1.86 bits per heavy atom. The van der Waals surface area contributed by atoms with Crippen molar-refractivity contribution in [3.63, 3.8) is 0 Å². The maximum Gasteiger partial charge on any atom is 0.266 e. The Bertz CT molecular complexity index is 927. The molecule has 0 unspecified atom stereocenters. The highest BCUT2D eigenvalue weighted by Gasteiger charge is 2.33. The summed E-state index contributed by atoms with van der Waals surface area (Å²) in [6.07, 6.45) is 2.36. The number of hydrogen-bond donors (Lipinski definition) is 2. The minimum absolute atomic E-state index is 0.113. The minimum atomic E-state index is -0.279. The molecule has 1 saturated heterocycles. The lowest BCUT2D eigenvalue weighted by atomic mass is 10.1. The van der Waals surface area contributed by atoms with Crippen LogP contribution in [0, 0.1) is 0 Å². The van der Waals surface area contributed by atoms with Crippen LogP contribution in [-0.2, 0) is 16.0 Å². The van der Waals surface area contributed by atoms with E-state index in [0.29, 0.717) is 27.2 Å². The van der Waals surface area contributed by atoms with Crippen molar-refractivity contribution in [1.29, 1.82) is 0 Å². The van der Waals surface area contributed by atoms with Gasteiger partial charge in [-0.05, 0) is 47.9 Å². The van der Waals surface area contributed by atoms with Crippen molar-refractivity contribution < 1.29 is 14.7 Å². The largest absolute Gasteiger partial charge is 0.508 e. The van der Waals surface area contributed by atoms with E-state index >= 15 is 0 Å². The molecule has 0 atom stereocenters. The van der Waals surface area contributed by atoms with Crippen LogP contribution < -0.4 is 5.32 Å². The average molecular weight is 433 g/mol.